The van der Waals surface area contributed by atoms with Crippen molar-refractivity contribution in [3.63, 3.8) is 0 Å². The zero-order valence-corrected chi connectivity index (χ0v) is 11.7. The molecule has 1 aromatic carbocycles. The van der Waals surface area contributed by atoms with Crippen molar-refractivity contribution in [3.05, 3.63) is 34.9 Å². The van der Waals surface area contributed by atoms with E-state index in [-0.39, 0.29) is 6.04 Å². The largest absolute Gasteiger partial charge is 0.387 e. The molecule has 0 saturated heterocycles. The minimum absolute atomic E-state index is 0.0422. The first-order chi connectivity index (χ1) is 8.68. The maximum atomic E-state index is 6.18. The molecular weight excluding hydrogens is 244 g/mol. The van der Waals surface area contributed by atoms with Gasteiger partial charge in [0, 0.05) is 10.9 Å². The Morgan fingerprint density at radius 1 is 1.28 bits per heavy atom. The van der Waals surface area contributed by atoms with E-state index < -0.39 is 0 Å². The van der Waals surface area contributed by atoms with Crippen molar-refractivity contribution in [2.24, 2.45) is 16.6 Å². The molecule has 2 rings (SSSR count). The predicted molar refractivity (Wildman–Crippen MR) is 78.1 cm³/mol. The van der Waals surface area contributed by atoms with Gasteiger partial charge in [-0.15, -0.1) is 0 Å². The lowest BCUT2D eigenvalue weighted by Crippen LogP contribution is -2.26. The molecule has 0 heterocycles. The highest BCUT2D eigenvalue weighted by Gasteiger charge is 2.18. The summed E-state index contributed by atoms with van der Waals surface area (Å²) >= 11 is 6.18. The molecular formula is C15H21ClN2. The third-order valence-corrected chi connectivity index (χ3v) is 4.07. The van der Waals surface area contributed by atoms with E-state index in [4.69, 9.17) is 17.3 Å². The Bertz CT molecular complexity index is 422. The van der Waals surface area contributed by atoms with Crippen molar-refractivity contribution in [2.45, 2.75) is 45.1 Å². The molecule has 1 saturated carbocycles. The van der Waals surface area contributed by atoms with Gasteiger partial charge < -0.3 is 5.73 Å². The molecule has 1 aliphatic rings. The summed E-state index contributed by atoms with van der Waals surface area (Å²) in [6.07, 6.45) is 6.27. The summed E-state index contributed by atoms with van der Waals surface area (Å²) in [6.45, 7) is 2.05. The van der Waals surface area contributed by atoms with E-state index in [9.17, 15) is 0 Å². The van der Waals surface area contributed by atoms with Crippen molar-refractivity contribution in [2.75, 3.05) is 0 Å². The number of aliphatic imine (C=N–C) groups is 1. The maximum absolute atomic E-state index is 6.18. The fourth-order valence-corrected chi connectivity index (χ4v) is 2.90. The van der Waals surface area contributed by atoms with Crippen molar-refractivity contribution < 1.29 is 0 Å². The SMILES string of the molecule is CC(N=C(N)C1CCCCC1)c1ccccc1Cl. The first-order valence-corrected chi connectivity index (χ1v) is 7.14. The molecule has 1 unspecified atom stereocenters. The van der Waals surface area contributed by atoms with Gasteiger partial charge in [0.2, 0.25) is 0 Å². The lowest BCUT2D eigenvalue weighted by molar-refractivity contribution is 0.435. The van der Waals surface area contributed by atoms with Crippen LogP contribution in [0.5, 0.6) is 0 Å². The summed E-state index contributed by atoms with van der Waals surface area (Å²) in [5.41, 5.74) is 7.20. The van der Waals surface area contributed by atoms with Crippen LogP contribution < -0.4 is 5.73 Å². The average molecular weight is 265 g/mol. The van der Waals surface area contributed by atoms with Crippen LogP contribution in [-0.4, -0.2) is 5.84 Å². The van der Waals surface area contributed by atoms with Crippen LogP contribution >= 0.6 is 11.6 Å². The van der Waals surface area contributed by atoms with E-state index in [1.54, 1.807) is 0 Å². The molecule has 1 atom stereocenters. The van der Waals surface area contributed by atoms with Gasteiger partial charge in [0.25, 0.3) is 0 Å². The number of nitrogens with zero attached hydrogens (tertiary/aromatic N) is 1. The summed E-state index contributed by atoms with van der Waals surface area (Å²) < 4.78 is 0. The van der Waals surface area contributed by atoms with E-state index in [2.05, 4.69) is 11.9 Å². The lowest BCUT2D eigenvalue weighted by atomic mass is 9.88. The minimum Gasteiger partial charge on any atom is -0.387 e. The van der Waals surface area contributed by atoms with Crippen molar-refractivity contribution in [1.82, 2.24) is 0 Å². The second-order valence-electron chi connectivity index (χ2n) is 5.09. The highest BCUT2D eigenvalue weighted by Crippen LogP contribution is 2.28. The van der Waals surface area contributed by atoms with Crippen LogP contribution in [0.2, 0.25) is 5.02 Å². The number of rotatable bonds is 3. The van der Waals surface area contributed by atoms with E-state index in [0.717, 1.165) is 16.4 Å². The first kappa shape index (κ1) is 13.4. The van der Waals surface area contributed by atoms with Crippen LogP contribution in [-0.2, 0) is 0 Å². The molecule has 3 heteroatoms. The second kappa shape index (κ2) is 6.24. The molecule has 1 fully saturated rings. The lowest BCUT2D eigenvalue weighted by Gasteiger charge is -2.22. The summed E-state index contributed by atoms with van der Waals surface area (Å²) in [7, 11) is 0. The van der Waals surface area contributed by atoms with Crippen LogP contribution in [0.3, 0.4) is 0 Å². The smallest absolute Gasteiger partial charge is 0.0975 e. The van der Waals surface area contributed by atoms with Gasteiger partial charge in [0.05, 0.1) is 11.9 Å². The average Bonchev–Trinajstić information content (AvgIpc) is 2.40. The number of nitrogens with two attached hydrogens (primary N) is 1. The Labute approximate surface area is 114 Å². The van der Waals surface area contributed by atoms with E-state index >= 15 is 0 Å². The number of benzene rings is 1. The fraction of sp³-hybridized carbons (Fsp3) is 0.533. The van der Waals surface area contributed by atoms with E-state index in [1.165, 1.54) is 32.1 Å². The quantitative estimate of drug-likeness (QED) is 0.640. The molecule has 98 valence electrons. The van der Waals surface area contributed by atoms with Crippen LogP contribution in [0.25, 0.3) is 0 Å². The summed E-state index contributed by atoms with van der Waals surface area (Å²) in [6, 6.07) is 7.89. The maximum Gasteiger partial charge on any atom is 0.0975 e. The molecule has 0 amide bonds. The minimum atomic E-state index is 0.0422. The molecule has 2 nitrogen and oxygen atoms in total. The molecule has 0 aliphatic heterocycles. The van der Waals surface area contributed by atoms with Crippen molar-refractivity contribution >= 4 is 17.4 Å². The summed E-state index contributed by atoms with van der Waals surface area (Å²) in [5.74, 6) is 1.28. The van der Waals surface area contributed by atoms with Gasteiger partial charge in [-0.05, 0) is 31.4 Å². The summed E-state index contributed by atoms with van der Waals surface area (Å²) in [4.78, 5) is 4.64. The van der Waals surface area contributed by atoms with Gasteiger partial charge in [-0.3, -0.25) is 4.99 Å². The molecule has 0 spiro atoms. The molecule has 18 heavy (non-hydrogen) atoms. The standard InChI is InChI=1S/C15H21ClN2/c1-11(13-9-5-6-10-14(13)16)18-15(17)12-7-3-2-4-8-12/h5-6,9-12H,2-4,7-8H2,1H3,(H2,17,18). The Hall–Kier alpha value is -1.02. The van der Waals surface area contributed by atoms with Gasteiger partial charge in [0.15, 0.2) is 0 Å². The number of halogens is 1. The van der Waals surface area contributed by atoms with Gasteiger partial charge >= 0.3 is 0 Å². The number of hydrogen-bond acceptors (Lipinski definition) is 1. The monoisotopic (exact) mass is 264 g/mol. The third-order valence-electron chi connectivity index (χ3n) is 3.72. The molecule has 0 radical (unpaired) electrons. The van der Waals surface area contributed by atoms with Crippen molar-refractivity contribution in [1.29, 1.82) is 0 Å². The van der Waals surface area contributed by atoms with Gasteiger partial charge in [0.1, 0.15) is 0 Å². The highest BCUT2D eigenvalue weighted by atomic mass is 35.5. The van der Waals surface area contributed by atoms with E-state index in [1.807, 2.05) is 24.3 Å². The zero-order valence-electron chi connectivity index (χ0n) is 10.9. The van der Waals surface area contributed by atoms with Crippen LogP contribution in [0, 0.1) is 5.92 Å². The highest BCUT2D eigenvalue weighted by molar-refractivity contribution is 6.31. The number of amidine groups is 1. The van der Waals surface area contributed by atoms with Crippen molar-refractivity contribution in [3.8, 4) is 0 Å². The Balaban J connectivity index is 2.09. The third kappa shape index (κ3) is 3.26. The number of hydrogen-bond donors (Lipinski definition) is 1. The molecule has 0 bridgehead atoms. The van der Waals surface area contributed by atoms with Crippen LogP contribution in [0.1, 0.15) is 50.6 Å². The molecule has 0 aromatic heterocycles. The summed E-state index contributed by atoms with van der Waals surface area (Å²) in [5, 5.41) is 0.769. The topological polar surface area (TPSA) is 38.4 Å². The predicted octanol–water partition coefficient (Wildman–Crippen LogP) is 4.34. The Morgan fingerprint density at radius 3 is 2.61 bits per heavy atom. The molecule has 1 aromatic rings. The van der Waals surface area contributed by atoms with E-state index in [0.29, 0.717) is 5.92 Å². The van der Waals surface area contributed by atoms with Gasteiger partial charge in [-0.2, -0.15) is 0 Å². The van der Waals surface area contributed by atoms with Crippen LogP contribution in [0.15, 0.2) is 29.3 Å². The first-order valence-electron chi connectivity index (χ1n) is 6.76. The molecule has 2 N–H and O–H groups in total. The van der Waals surface area contributed by atoms with Crippen LogP contribution in [0.4, 0.5) is 0 Å². The Morgan fingerprint density at radius 2 is 1.94 bits per heavy atom. The zero-order chi connectivity index (χ0) is 13.0. The van der Waals surface area contributed by atoms with Gasteiger partial charge in [-0.25, -0.2) is 0 Å². The van der Waals surface area contributed by atoms with Gasteiger partial charge in [-0.1, -0.05) is 49.1 Å². The Kier molecular flexibility index (Phi) is 4.65. The molecule has 1 aliphatic carbocycles. The normalized spacial score (nSPS) is 19.8. The fourth-order valence-electron chi connectivity index (χ4n) is 2.61. The second-order valence-corrected chi connectivity index (χ2v) is 5.49.